The van der Waals surface area contributed by atoms with Crippen molar-refractivity contribution < 1.29 is 23.8 Å². The molecular formula is C27H28FNO4. The number of aliphatic carboxylic acids is 1. The summed E-state index contributed by atoms with van der Waals surface area (Å²) < 4.78 is 25.3. The summed E-state index contributed by atoms with van der Waals surface area (Å²) >= 11 is 0. The number of carbonyl (C=O) groups is 1. The summed E-state index contributed by atoms with van der Waals surface area (Å²) in [5, 5.41) is 9.57. The Morgan fingerprint density at radius 2 is 1.79 bits per heavy atom. The van der Waals surface area contributed by atoms with Crippen molar-refractivity contribution in [3.8, 4) is 11.5 Å². The fraction of sp³-hybridized carbons (Fsp3) is 0.296. The van der Waals surface area contributed by atoms with E-state index in [1.165, 1.54) is 12.1 Å². The molecule has 1 N–H and O–H groups in total. The normalized spacial score (nSPS) is 17.3. The van der Waals surface area contributed by atoms with Gasteiger partial charge in [-0.05, 0) is 60.3 Å². The van der Waals surface area contributed by atoms with Crippen LogP contribution in [0.3, 0.4) is 0 Å². The molecule has 172 valence electrons. The molecule has 0 aliphatic carbocycles. The molecule has 0 saturated carbocycles. The first-order valence-corrected chi connectivity index (χ1v) is 11.1. The molecule has 6 heteroatoms. The summed E-state index contributed by atoms with van der Waals surface area (Å²) in [5.41, 5.74) is 2.90. The van der Waals surface area contributed by atoms with Gasteiger partial charge in [0.2, 0.25) is 0 Å². The maximum Gasteiger partial charge on any atom is 0.307 e. The third kappa shape index (κ3) is 5.52. The van der Waals surface area contributed by atoms with Crippen LogP contribution in [0, 0.1) is 11.7 Å². The molecule has 4 rings (SSSR count). The number of benzene rings is 3. The molecule has 0 amide bonds. The summed E-state index contributed by atoms with van der Waals surface area (Å²) in [6, 6.07) is 21.9. The van der Waals surface area contributed by atoms with Gasteiger partial charge in [0.1, 0.15) is 12.4 Å². The van der Waals surface area contributed by atoms with Gasteiger partial charge in [-0.15, -0.1) is 0 Å². The molecule has 3 aromatic rings. The van der Waals surface area contributed by atoms with Gasteiger partial charge >= 0.3 is 5.97 Å². The highest BCUT2D eigenvalue weighted by Gasteiger charge is 2.31. The van der Waals surface area contributed by atoms with E-state index in [0.717, 1.165) is 29.7 Å². The van der Waals surface area contributed by atoms with Crippen molar-refractivity contribution in [3.05, 3.63) is 95.3 Å². The SMILES string of the molecule is COc1cc(C(c2ccc(F)cc2)N2CCCC(C(=O)O)C2)ccc1OCc1ccccc1. The second-order valence-corrected chi connectivity index (χ2v) is 8.31. The minimum Gasteiger partial charge on any atom is -0.493 e. The second-order valence-electron chi connectivity index (χ2n) is 8.31. The topological polar surface area (TPSA) is 59.0 Å². The standard InChI is InChI=1S/C27H28FNO4/c1-32-25-16-21(11-14-24(25)33-18-19-6-3-2-4-7-19)26(20-9-12-23(28)13-10-20)29-15-5-8-22(17-29)27(30)31/h2-4,6-7,9-14,16,22,26H,5,8,15,17-18H2,1H3,(H,30,31). The van der Waals surface area contributed by atoms with Crippen LogP contribution in [0.15, 0.2) is 72.8 Å². The molecular weight excluding hydrogens is 421 g/mol. The van der Waals surface area contributed by atoms with Gasteiger partial charge in [-0.1, -0.05) is 48.5 Å². The van der Waals surface area contributed by atoms with Gasteiger partial charge in [-0.2, -0.15) is 0 Å². The van der Waals surface area contributed by atoms with E-state index in [1.54, 1.807) is 19.2 Å². The number of rotatable bonds is 8. The minimum absolute atomic E-state index is 0.218. The summed E-state index contributed by atoms with van der Waals surface area (Å²) in [6.45, 7) is 1.62. The fourth-order valence-electron chi connectivity index (χ4n) is 4.41. The van der Waals surface area contributed by atoms with Crippen LogP contribution < -0.4 is 9.47 Å². The van der Waals surface area contributed by atoms with Gasteiger partial charge in [0.15, 0.2) is 11.5 Å². The highest BCUT2D eigenvalue weighted by Crippen LogP contribution is 2.37. The molecule has 5 nitrogen and oxygen atoms in total. The Labute approximate surface area is 193 Å². The molecule has 2 atom stereocenters. The van der Waals surface area contributed by atoms with Gasteiger partial charge in [0.25, 0.3) is 0 Å². The van der Waals surface area contributed by atoms with Crippen LogP contribution in [-0.4, -0.2) is 36.2 Å². The zero-order valence-electron chi connectivity index (χ0n) is 18.6. The molecule has 1 heterocycles. The van der Waals surface area contributed by atoms with Crippen molar-refractivity contribution in [2.75, 3.05) is 20.2 Å². The molecule has 1 fully saturated rings. The average molecular weight is 450 g/mol. The first-order chi connectivity index (χ1) is 16.0. The number of methoxy groups -OCH3 is 1. The lowest BCUT2D eigenvalue weighted by Crippen LogP contribution is -2.41. The monoisotopic (exact) mass is 449 g/mol. The number of likely N-dealkylation sites (tertiary alicyclic amines) is 1. The molecule has 0 bridgehead atoms. The van der Waals surface area contributed by atoms with E-state index in [2.05, 4.69) is 4.90 Å². The minimum atomic E-state index is -0.778. The highest BCUT2D eigenvalue weighted by atomic mass is 19.1. The molecule has 0 spiro atoms. The summed E-state index contributed by atoms with van der Waals surface area (Å²) in [6.07, 6.45) is 1.46. The Morgan fingerprint density at radius 3 is 2.48 bits per heavy atom. The van der Waals surface area contributed by atoms with Gasteiger partial charge in [0.05, 0.1) is 19.1 Å². The first-order valence-electron chi connectivity index (χ1n) is 11.1. The Bertz CT molecular complexity index is 1070. The predicted octanol–water partition coefficient (Wildman–Crippen LogP) is 5.30. The van der Waals surface area contributed by atoms with E-state index in [9.17, 15) is 14.3 Å². The Morgan fingerprint density at radius 1 is 1.06 bits per heavy atom. The van der Waals surface area contributed by atoms with Gasteiger partial charge in [0, 0.05) is 6.54 Å². The number of ether oxygens (including phenoxy) is 2. The second kappa shape index (κ2) is 10.5. The van der Waals surface area contributed by atoms with Gasteiger partial charge < -0.3 is 14.6 Å². The summed E-state index contributed by atoms with van der Waals surface area (Å²) in [7, 11) is 1.60. The van der Waals surface area contributed by atoms with Crippen molar-refractivity contribution in [2.24, 2.45) is 5.92 Å². The smallest absolute Gasteiger partial charge is 0.307 e. The van der Waals surface area contributed by atoms with Crippen LogP contribution in [-0.2, 0) is 11.4 Å². The van der Waals surface area contributed by atoms with Crippen molar-refractivity contribution in [1.82, 2.24) is 4.90 Å². The van der Waals surface area contributed by atoms with Crippen LogP contribution in [0.4, 0.5) is 4.39 Å². The molecule has 0 aromatic heterocycles. The molecule has 1 aliphatic rings. The van der Waals surface area contributed by atoms with Crippen molar-refractivity contribution in [2.45, 2.75) is 25.5 Å². The summed E-state index contributed by atoms with van der Waals surface area (Å²) in [4.78, 5) is 13.8. The van der Waals surface area contributed by atoms with Crippen LogP contribution in [0.2, 0.25) is 0 Å². The third-order valence-corrected chi connectivity index (χ3v) is 6.09. The number of carboxylic acids is 1. The summed E-state index contributed by atoms with van der Waals surface area (Å²) in [5.74, 6) is -0.272. The van der Waals surface area contributed by atoms with Crippen LogP contribution in [0.5, 0.6) is 11.5 Å². The van der Waals surface area contributed by atoms with Crippen LogP contribution >= 0.6 is 0 Å². The number of carboxylic acid groups (broad SMARTS) is 1. The van der Waals surface area contributed by atoms with Crippen LogP contribution in [0.25, 0.3) is 0 Å². The molecule has 33 heavy (non-hydrogen) atoms. The number of halogens is 1. The lowest BCUT2D eigenvalue weighted by Gasteiger charge is -2.37. The maximum absolute atomic E-state index is 13.6. The maximum atomic E-state index is 13.6. The molecule has 1 aliphatic heterocycles. The van der Waals surface area contributed by atoms with E-state index in [0.29, 0.717) is 31.1 Å². The van der Waals surface area contributed by atoms with E-state index < -0.39 is 11.9 Å². The predicted molar refractivity (Wildman–Crippen MR) is 124 cm³/mol. The zero-order valence-corrected chi connectivity index (χ0v) is 18.6. The van der Waals surface area contributed by atoms with E-state index >= 15 is 0 Å². The molecule has 3 aromatic carbocycles. The highest BCUT2D eigenvalue weighted by molar-refractivity contribution is 5.70. The Balaban J connectivity index is 1.64. The lowest BCUT2D eigenvalue weighted by atomic mass is 9.91. The lowest BCUT2D eigenvalue weighted by molar-refractivity contribution is -0.143. The molecule has 1 saturated heterocycles. The molecule has 0 radical (unpaired) electrons. The van der Waals surface area contributed by atoms with E-state index in [-0.39, 0.29) is 11.9 Å². The number of hydrogen-bond donors (Lipinski definition) is 1. The van der Waals surface area contributed by atoms with Crippen LogP contribution in [0.1, 0.15) is 35.6 Å². The molecule has 2 unspecified atom stereocenters. The van der Waals surface area contributed by atoms with E-state index in [4.69, 9.17) is 9.47 Å². The number of piperidine rings is 1. The first kappa shape index (κ1) is 22.8. The van der Waals surface area contributed by atoms with E-state index in [1.807, 2.05) is 48.5 Å². The van der Waals surface area contributed by atoms with Gasteiger partial charge in [-0.25, -0.2) is 4.39 Å². The average Bonchev–Trinajstić information content (AvgIpc) is 2.85. The number of nitrogens with zero attached hydrogens (tertiary/aromatic N) is 1. The fourth-order valence-corrected chi connectivity index (χ4v) is 4.41. The largest absolute Gasteiger partial charge is 0.493 e. The Hall–Kier alpha value is -3.38. The third-order valence-electron chi connectivity index (χ3n) is 6.09. The van der Waals surface area contributed by atoms with Crippen molar-refractivity contribution in [1.29, 1.82) is 0 Å². The Kier molecular flexibility index (Phi) is 7.25. The van der Waals surface area contributed by atoms with Crippen molar-refractivity contribution >= 4 is 5.97 Å². The zero-order chi connectivity index (χ0) is 23.2. The number of hydrogen-bond acceptors (Lipinski definition) is 4. The van der Waals surface area contributed by atoms with Crippen molar-refractivity contribution in [3.63, 3.8) is 0 Å². The quantitative estimate of drug-likeness (QED) is 0.506. The van der Waals surface area contributed by atoms with Gasteiger partial charge in [-0.3, -0.25) is 9.69 Å².